The lowest BCUT2D eigenvalue weighted by Crippen LogP contribution is -2.40. The predicted octanol–water partition coefficient (Wildman–Crippen LogP) is 3.90. The monoisotopic (exact) mass is 482 g/mol. The van der Waals surface area contributed by atoms with E-state index in [-0.39, 0.29) is 17.6 Å². The van der Waals surface area contributed by atoms with Gasteiger partial charge in [0.1, 0.15) is 10.4 Å². The van der Waals surface area contributed by atoms with Crippen LogP contribution in [0.4, 0.5) is 4.79 Å². The van der Waals surface area contributed by atoms with Crippen LogP contribution in [0.3, 0.4) is 0 Å². The zero-order valence-electron chi connectivity index (χ0n) is 20.0. The maximum absolute atomic E-state index is 13.4. The highest BCUT2D eigenvalue weighted by Crippen LogP contribution is 2.28. The molecule has 9 heteroatoms. The summed E-state index contributed by atoms with van der Waals surface area (Å²) >= 11 is 1.26. The van der Waals surface area contributed by atoms with Crippen molar-refractivity contribution < 1.29 is 14.3 Å². The molecule has 4 rings (SSSR count). The van der Waals surface area contributed by atoms with Crippen molar-refractivity contribution in [2.45, 2.75) is 46.3 Å². The van der Waals surface area contributed by atoms with Gasteiger partial charge in [0.05, 0.1) is 23.1 Å². The third kappa shape index (κ3) is 5.14. The van der Waals surface area contributed by atoms with E-state index in [4.69, 9.17) is 4.74 Å². The van der Waals surface area contributed by atoms with E-state index in [1.54, 1.807) is 20.7 Å². The zero-order valence-corrected chi connectivity index (χ0v) is 20.9. The molecule has 3 aromatic rings. The molecule has 0 unspecified atom stereocenters. The Morgan fingerprint density at radius 1 is 1.06 bits per heavy atom. The van der Waals surface area contributed by atoms with Crippen LogP contribution in [-0.2, 0) is 11.3 Å². The fourth-order valence-electron chi connectivity index (χ4n) is 4.03. The molecule has 1 aliphatic rings. The van der Waals surface area contributed by atoms with Crippen LogP contribution in [0, 0.1) is 6.92 Å². The predicted molar refractivity (Wildman–Crippen MR) is 132 cm³/mol. The van der Waals surface area contributed by atoms with Gasteiger partial charge in [-0.1, -0.05) is 30.3 Å². The summed E-state index contributed by atoms with van der Waals surface area (Å²) in [7, 11) is 0. The van der Waals surface area contributed by atoms with Gasteiger partial charge in [0.2, 0.25) is 0 Å². The molecule has 1 fully saturated rings. The number of ether oxygens (including phenoxy) is 1. The van der Waals surface area contributed by atoms with Crippen LogP contribution in [0.25, 0.3) is 10.2 Å². The lowest BCUT2D eigenvalue weighted by Gasteiger charge is -2.26. The van der Waals surface area contributed by atoms with Crippen molar-refractivity contribution in [2.24, 2.45) is 0 Å². The molecule has 3 heterocycles. The van der Waals surface area contributed by atoms with Crippen LogP contribution in [-0.4, -0.2) is 63.1 Å². The van der Waals surface area contributed by atoms with E-state index in [0.717, 1.165) is 5.56 Å². The van der Waals surface area contributed by atoms with Crippen molar-refractivity contribution >= 4 is 33.6 Å². The third-order valence-electron chi connectivity index (χ3n) is 5.74. The van der Waals surface area contributed by atoms with E-state index < -0.39 is 5.60 Å². The number of aryl methyl sites for hydroxylation is 1. The summed E-state index contributed by atoms with van der Waals surface area (Å²) in [5.41, 5.74) is 0.967. The minimum atomic E-state index is -0.562. The number of amides is 2. The Labute approximate surface area is 202 Å². The van der Waals surface area contributed by atoms with Gasteiger partial charge in [-0.2, -0.15) is 0 Å². The quantitative estimate of drug-likeness (QED) is 0.565. The second-order valence-electron chi connectivity index (χ2n) is 9.51. The van der Waals surface area contributed by atoms with Crippen LogP contribution in [0.2, 0.25) is 0 Å². The normalized spacial score (nSPS) is 14.8. The number of benzene rings is 1. The highest BCUT2D eigenvalue weighted by atomic mass is 32.1. The van der Waals surface area contributed by atoms with Crippen molar-refractivity contribution in [3.05, 3.63) is 63.0 Å². The number of hydrogen-bond acceptors (Lipinski definition) is 6. The van der Waals surface area contributed by atoms with Gasteiger partial charge < -0.3 is 14.5 Å². The first-order valence-electron chi connectivity index (χ1n) is 11.4. The maximum atomic E-state index is 13.4. The van der Waals surface area contributed by atoms with Crippen molar-refractivity contribution in [2.75, 3.05) is 26.2 Å². The highest BCUT2D eigenvalue weighted by Gasteiger charge is 2.28. The van der Waals surface area contributed by atoms with Crippen LogP contribution in [0.15, 0.2) is 41.5 Å². The summed E-state index contributed by atoms with van der Waals surface area (Å²) in [4.78, 5) is 48.0. The van der Waals surface area contributed by atoms with Gasteiger partial charge in [-0.25, -0.2) is 9.78 Å². The van der Waals surface area contributed by atoms with E-state index in [2.05, 4.69) is 4.98 Å². The number of carbonyl (C=O) groups excluding carboxylic acids is 2. The standard InChI is InChI=1S/C25H30N4O4S/c1-17-19-21(26-16-29(22(19)30)15-18-9-6-5-7-10-18)34-20(17)23(31)27-11-8-12-28(14-13-27)24(32)33-25(2,3)4/h5-7,9-10,16H,8,11-15H2,1-4H3. The number of fused-ring (bicyclic) bond motifs is 1. The molecule has 0 radical (unpaired) electrons. The van der Waals surface area contributed by atoms with Crippen LogP contribution in [0.1, 0.15) is 48.0 Å². The molecule has 0 saturated carbocycles. The molecule has 1 aliphatic heterocycles. The van der Waals surface area contributed by atoms with E-state index in [9.17, 15) is 14.4 Å². The molecule has 2 amide bonds. The van der Waals surface area contributed by atoms with Gasteiger partial charge in [-0.05, 0) is 45.2 Å². The molecule has 0 aliphatic carbocycles. The number of nitrogens with zero attached hydrogens (tertiary/aromatic N) is 4. The van der Waals surface area contributed by atoms with Crippen molar-refractivity contribution in [3.8, 4) is 0 Å². The average Bonchev–Trinajstić information content (AvgIpc) is 2.95. The summed E-state index contributed by atoms with van der Waals surface area (Å²) in [6.07, 6.45) is 1.85. The van der Waals surface area contributed by atoms with Gasteiger partial charge in [-0.3, -0.25) is 14.2 Å². The third-order valence-corrected chi connectivity index (χ3v) is 6.93. The molecule has 1 saturated heterocycles. The molecular weight excluding hydrogens is 452 g/mol. The molecule has 2 aromatic heterocycles. The smallest absolute Gasteiger partial charge is 0.410 e. The fraction of sp³-hybridized carbons (Fsp3) is 0.440. The van der Waals surface area contributed by atoms with E-state index >= 15 is 0 Å². The first kappa shape index (κ1) is 23.9. The van der Waals surface area contributed by atoms with Crippen molar-refractivity contribution in [1.29, 1.82) is 0 Å². The second-order valence-corrected chi connectivity index (χ2v) is 10.5. The molecule has 8 nitrogen and oxygen atoms in total. The van der Waals surface area contributed by atoms with E-state index in [1.807, 2.05) is 58.0 Å². The lowest BCUT2D eigenvalue weighted by atomic mass is 10.2. The second kappa shape index (κ2) is 9.58. The van der Waals surface area contributed by atoms with E-state index in [1.165, 1.54) is 11.3 Å². The number of aromatic nitrogens is 2. The Morgan fingerprint density at radius 2 is 1.74 bits per heavy atom. The SMILES string of the molecule is Cc1c(C(=O)N2CCCN(C(=O)OC(C)(C)C)CC2)sc2ncn(Cc3ccccc3)c(=O)c12. The van der Waals surface area contributed by atoms with Crippen LogP contribution >= 0.6 is 11.3 Å². The van der Waals surface area contributed by atoms with Gasteiger partial charge in [0.25, 0.3) is 11.5 Å². The van der Waals surface area contributed by atoms with Gasteiger partial charge in [0.15, 0.2) is 0 Å². The van der Waals surface area contributed by atoms with Crippen LogP contribution in [0.5, 0.6) is 0 Å². The average molecular weight is 483 g/mol. The Morgan fingerprint density at radius 3 is 2.44 bits per heavy atom. The molecule has 0 N–H and O–H groups in total. The minimum Gasteiger partial charge on any atom is -0.444 e. The lowest BCUT2D eigenvalue weighted by molar-refractivity contribution is 0.0255. The molecule has 0 spiro atoms. The summed E-state index contributed by atoms with van der Waals surface area (Å²) in [5.74, 6) is -0.124. The molecule has 0 bridgehead atoms. The number of carbonyl (C=O) groups is 2. The van der Waals surface area contributed by atoms with Gasteiger partial charge >= 0.3 is 6.09 Å². The summed E-state index contributed by atoms with van der Waals surface area (Å²) in [5, 5.41) is 0.497. The first-order valence-corrected chi connectivity index (χ1v) is 12.3. The molecule has 0 atom stereocenters. The first-order chi connectivity index (χ1) is 16.1. The number of hydrogen-bond donors (Lipinski definition) is 0. The van der Waals surface area contributed by atoms with Gasteiger partial charge in [-0.15, -0.1) is 11.3 Å². The molecule has 180 valence electrons. The molecule has 1 aromatic carbocycles. The summed E-state index contributed by atoms with van der Waals surface area (Å²) in [6.45, 7) is 9.65. The molecular formula is C25H30N4O4S. The molecule has 34 heavy (non-hydrogen) atoms. The largest absolute Gasteiger partial charge is 0.444 e. The number of thiophene rings is 1. The highest BCUT2D eigenvalue weighted by molar-refractivity contribution is 7.20. The van der Waals surface area contributed by atoms with Crippen molar-refractivity contribution in [1.82, 2.24) is 19.4 Å². The van der Waals surface area contributed by atoms with Crippen LogP contribution < -0.4 is 5.56 Å². The number of rotatable bonds is 3. The summed E-state index contributed by atoms with van der Waals surface area (Å²) in [6, 6.07) is 9.73. The van der Waals surface area contributed by atoms with Crippen molar-refractivity contribution in [3.63, 3.8) is 0 Å². The fourth-order valence-corrected chi connectivity index (χ4v) is 5.14. The zero-order chi connectivity index (χ0) is 24.5. The minimum absolute atomic E-state index is 0.124. The van der Waals surface area contributed by atoms with E-state index in [0.29, 0.717) is 59.8 Å². The Hall–Kier alpha value is -3.20. The maximum Gasteiger partial charge on any atom is 0.410 e. The Bertz CT molecular complexity index is 1260. The van der Waals surface area contributed by atoms with Gasteiger partial charge in [0, 0.05) is 26.2 Å². The Kier molecular flexibility index (Phi) is 6.74. The topological polar surface area (TPSA) is 84.7 Å². The Balaban J connectivity index is 1.54. The summed E-state index contributed by atoms with van der Waals surface area (Å²) < 4.78 is 7.06.